The van der Waals surface area contributed by atoms with E-state index in [1.54, 1.807) is 0 Å². The van der Waals surface area contributed by atoms with Gasteiger partial charge in [0.2, 0.25) is 0 Å². The van der Waals surface area contributed by atoms with E-state index < -0.39 is 23.4 Å². The highest BCUT2D eigenvalue weighted by atomic mass is 35.5. The Hall–Kier alpha value is -1.17. The number of rotatable bonds is 2. The number of nitrogens with one attached hydrogen (secondary N) is 1. The van der Waals surface area contributed by atoms with E-state index in [0.717, 1.165) is 6.08 Å². The molecule has 2 rings (SSSR count). The van der Waals surface area contributed by atoms with Crippen LogP contribution >= 0.6 is 11.6 Å². The van der Waals surface area contributed by atoms with Crippen LogP contribution in [0.1, 0.15) is 12.8 Å². The summed E-state index contributed by atoms with van der Waals surface area (Å²) in [6.07, 6.45) is -1.64. The maximum Gasteiger partial charge on any atom is 0.431 e. The maximum atomic E-state index is 12.6. The Balaban J connectivity index is 2.40. The number of hydrogen-bond donors (Lipinski definition) is 2. The van der Waals surface area contributed by atoms with Crippen molar-refractivity contribution < 1.29 is 23.1 Å². The summed E-state index contributed by atoms with van der Waals surface area (Å²) in [6, 6.07) is 0. The number of alkyl halides is 3. The molecule has 1 atom stereocenters. The molecule has 7 heteroatoms. The van der Waals surface area contributed by atoms with Crippen LogP contribution in [0.2, 0.25) is 0 Å². The topological polar surface area (TPSA) is 49.3 Å². The molecule has 0 radical (unpaired) electrons. The molecule has 1 heterocycles. The molecule has 0 amide bonds. The largest absolute Gasteiger partial charge is 0.479 e. The molecule has 0 aromatic heterocycles. The van der Waals surface area contributed by atoms with Crippen LogP contribution in [-0.2, 0) is 4.79 Å². The van der Waals surface area contributed by atoms with E-state index >= 15 is 0 Å². The first kappa shape index (κ1) is 12.3. The number of allylic oxidation sites excluding steroid dienone is 3. The van der Waals surface area contributed by atoms with Crippen molar-refractivity contribution >= 4 is 17.6 Å². The van der Waals surface area contributed by atoms with Gasteiger partial charge in [0.25, 0.3) is 0 Å². The Kier molecular flexibility index (Phi) is 2.65. The van der Waals surface area contributed by atoms with Gasteiger partial charge in [-0.25, -0.2) is 4.79 Å². The zero-order valence-corrected chi connectivity index (χ0v) is 9.27. The van der Waals surface area contributed by atoms with Crippen LogP contribution in [0.25, 0.3) is 0 Å². The molecule has 0 saturated heterocycles. The first-order valence-electron chi connectivity index (χ1n) is 4.94. The molecule has 1 aliphatic carbocycles. The Morgan fingerprint density at radius 1 is 1.53 bits per heavy atom. The van der Waals surface area contributed by atoms with Crippen LogP contribution in [0.15, 0.2) is 22.9 Å². The van der Waals surface area contributed by atoms with E-state index in [9.17, 15) is 18.0 Å². The zero-order valence-electron chi connectivity index (χ0n) is 8.51. The number of carboxylic acid groups (broad SMARTS) is 1. The SMILES string of the molecule is O=C(O)C1(C2CC2)C=C(Cl)C=C(C(F)(F)F)N1. The minimum atomic E-state index is -4.63. The summed E-state index contributed by atoms with van der Waals surface area (Å²) in [7, 11) is 0. The van der Waals surface area contributed by atoms with Gasteiger partial charge in [0.05, 0.1) is 0 Å². The lowest BCUT2D eigenvalue weighted by atomic mass is 9.90. The van der Waals surface area contributed by atoms with Crippen LogP contribution in [0.4, 0.5) is 13.2 Å². The van der Waals surface area contributed by atoms with Crippen molar-refractivity contribution in [3.63, 3.8) is 0 Å². The average molecular weight is 268 g/mol. The lowest BCUT2D eigenvalue weighted by molar-refractivity contribution is -0.144. The standard InChI is InChI=1S/C10H9ClF3NO2/c11-6-3-7(10(12,13)14)15-9(4-6,8(16)17)5-1-2-5/h3-5,15H,1-2H2,(H,16,17). The van der Waals surface area contributed by atoms with Crippen LogP contribution in [0.5, 0.6) is 0 Å². The number of carbonyl (C=O) groups is 1. The minimum Gasteiger partial charge on any atom is -0.479 e. The number of carboxylic acids is 1. The number of aliphatic carboxylic acids is 1. The molecule has 0 aromatic carbocycles. The number of halogens is 4. The summed E-state index contributed by atoms with van der Waals surface area (Å²) >= 11 is 5.60. The first-order chi connectivity index (χ1) is 7.75. The second-order valence-electron chi connectivity index (χ2n) is 4.16. The third-order valence-electron chi connectivity index (χ3n) is 2.87. The Labute approximate surface area is 99.9 Å². The Morgan fingerprint density at radius 3 is 2.53 bits per heavy atom. The lowest BCUT2D eigenvalue weighted by Gasteiger charge is -2.33. The average Bonchev–Trinajstić information content (AvgIpc) is 2.97. The van der Waals surface area contributed by atoms with E-state index in [0.29, 0.717) is 18.9 Å². The normalized spacial score (nSPS) is 29.2. The molecule has 2 N–H and O–H groups in total. The highest BCUT2D eigenvalue weighted by Crippen LogP contribution is 2.45. The van der Waals surface area contributed by atoms with Gasteiger partial charge in [-0.15, -0.1) is 0 Å². The second kappa shape index (κ2) is 3.66. The van der Waals surface area contributed by atoms with Gasteiger partial charge in [-0.05, 0) is 30.9 Å². The van der Waals surface area contributed by atoms with E-state index in [1.165, 1.54) is 0 Å². The smallest absolute Gasteiger partial charge is 0.431 e. The molecule has 1 saturated carbocycles. The van der Waals surface area contributed by atoms with Crippen molar-refractivity contribution in [3.8, 4) is 0 Å². The van der Waals surface area contributed by atoms with Gasteiger partial charge in [-0.3, -0.25) is 0 Å². The van der Waals surface area contributed by atoms with Gasteiger partial charge in [-0.1, -0.05) is 11.6 Å². The lowest BCUT2D eigenvalue weighted by Crippen LogP contribution is -2.55. The summed E-state index contributed by atoms with van der Waals surface area (Å²) in [5.74, 6) is -1.69. The minimum absolute atomic E-state index is 0.203. The summed E-state index contributed by atoms with van der Waals surface area (Å²) in [4.78, 5) is 11.2. The maximum absolute atomic E-state index is 12.6. The van der Waals surface area contributed by atoms with Crippen LogP contribution in [-0.4, -0.2) is 22.8 Å². The fraction of sp³-hybridized carbons (Fsp3) is 0.500. The molecule has 3 nitrogen and oxygen atoms in total. The Bertz CT molecular complexity index is 426. The van der Waals surface area contributed by atoms with Crippen molar-refractivity contribution in [1.29, 1.82) is 0 Å². The van der Waals surface area contributed by atoms with Crippen LogP contribution in [0.3, 0.4) is 0 Å². The van der Waals surface area contributed by atoms with Gasteiger partial charge in [-0.2, -0.15) is 13.2 Å². The molecule has 0 bridgehead atoms. The van der Waals surface area contributed by atoms with Crippen LogP contribution in [0, 0.1) is 5.92 Å². The predicted molar refractivity (Wildman–Crippen MR) is 54.3 cm³/mol. The molecule has 1 unspecified atom stereocenters. The van der Waals surface area contributed by atoms with Crippen molar-refractivity contribution in [1.82, 2.24) is 5.32 Å². The third-order valence-corrected chi connectivity index (χ3v) is 3.09. The molecule has 0 aromatic rings. The van der Waals surface area contributed by atoms with Crippen molar-refractivity contribution in [2.75, 3.05) is 0 Å². The van der Waals surface area contributed by atoms with Gasteiger partial charge in [0.15, 0.2) is 5.54 Å². The van der Waals surface area contributed by atoms with E-state index in [1.807, 2.05) is 0 Å². The van der Waals surface area contributed by atoms with Crippen LogP contribution < -0.4 is 5.32 Å². The summed E-state index contributed by atoms with van der Waals surface area (Å²) in [5.41, 5.74) is -2.84. The van der Waals surface area contributed by atoms with Gasteiger partial charge >= 0.3 is 12.1 Å². The molecule has 2 aliphatic rings. The second-order valence-corrected chi connectivity index (χ2v) is 4.59. The van der Waals surface area contributed by atoms with Gasteiger partial charge in [0.1, 0.15) is 5.70 Å². The number of hydrogen-bond acceptors (Lipinski definition) is 2. The van der Waals surface area contributed by atoms with Crippen molar-refractivity contribution in [2.45, 2.75) is 24.6 Å². The molecule has 17 heavy (non-hydrogen) atoms. The van der Waals surface area contributed by atoms with Gasteiger partial charge < -0.3 is 10.4 Å². The fourth-order valence-corrected chi connectivity index (χ4v) is 2.17. The van der Waals surface area contributed by atoms with E-state index in [2.05, 4.69) is 5.32 Å². The van der Waals surface area contributed by atoms with Crippen molar-refractivity contribution in [2.24, 2.45) is 5.92 Å². The fourth-order valence-electron chi connectivity index (χ4n) is 1.89. The monoisotopic (exact) mass is 267 g/mol. The molecular formula is C10H9ClF3NO2. The molecular weight excluding hydrogens is 259 g/mol. The first-order valence-corrected chi connectivity index (χ1v) is 5.32. The van der Waals surface area contributed by atoms with E-state index in [4.69, 9.17) is 16.7 Å². The van der Waals surface area contributed by atoms with Gasteiger partial charge in [0, 0.05) is 5.03 Å². The highest BCUT2D eigenvalue weighted by molar-refractivity contribution is 6.31. The molecule has 0 spiro atoms. The summed E-state index contributed by atoms with van der Waals surface area (Å²) < 4.78 is 37.8. The third kappa shape index (κ3) is 2.13. The summed E-state index contributed by atoms with van der Waals surface area (Å²) in [5, 5.41) is 11.0. The Morgan fingerprint density at radius 2 is 2.12 bits per heavy atom. The highest BCUT2D eigenvalue weighted by Gasteiger charge is 2.54. The quantitative estimate of drug-likeness (QED) is 0.808. The predicted octanol–water partition coefficient (Wildman–Crippen LogP) is 2.39. The number of dihydropyridines is 1. The van der Waals surface area contributed by atoms with E-state index in [-0.39, 0.29) is 11.0 Å². The molecule has 94 valence electrons. The summed E-state index contributed by atoms with van der Waals surface area (Å²) in [6.45, 7) is 0. The zero-order chi connectivity index (χ0) is 12.8. The molecule has 1 aliphatic heterocycles. The van der Waals surface area contributed by atoms with Crippen molar-refractivity contribution in [3.05, 3.63) is 22.9 Å². The molecule has 1 fully saturated rings.